The number of aliphatic carboxylic acids is 1. The number of rotatable bonds is 8. The van der Waals surface area contributed by atoms with Crippen LogP contribution >= 0.6 is 0 Å². The number of benzene rings is 2. The fraction of sp³-hybridized carbons (Fsp3) is 0.375. The van der Waals surface area contributed by atoms with E-state index in [0.717, 1.165) is 30.4 Å². The first kappa shape index (κ1) is 22.6. The Morgan fingerprint density at radius 3 is 2.48 bits per heavy atom. The third kappa shape index (κ3) is 5.09. The first-order chi connectivity index (χ1) is 15.9. The summed E-state index contributed by atoms with van der Waals surface area (Å²) in [4.78, 5) is 36.7. The highest BCUT2D eigenvalue weighted by molar-refractivity contribution is 5.92. The molecule has 1 amide bonds. The van der Waals surface area contributed by atoms with E-state index in [1.807, 2.05) is 0 Å². The highest BCUT2D eigenvalue weighted by Gasteiger charge is 2.28. The number of carboxylic acids is 1. The van der Waals surface area contributed by atoms with Gasteiger partial charge in [-0.15, -0.1) is 5.10 Å². The zero-order valence-electron chi connectivity index (χ0n) is 18.1. The van der Waals surface area contributed by atoms with Gasteiger partial charge in [0.1, 0.15) is 5.52 Å². The number of carboxylic acid groups (broad SMARTS) is 1. The number of hydrogen-bond acceptors (Lipinski definition) is 6. The molecule has 0 radical (unpaired) electrons. The molecule has 4 rings (SSSR count). The van der Waals surface area contributed by atoms with Crippen molar-refractivity contribution in [3.8, 4) is 0 Å². The Morgan fingerprint density at radius 1 is 1.09 bits per heavy atom. The van der Waals surface area contributed by atoms with E-state index in [1.54, 1.807) is 48.5 Å². The van der Waals surface area contributed by atoms with Crippen molar-refractivity contribution < 1.29 is 19.8 Å². The van der Waals surface area contributed by atoms with E-state index in [0.29, 0.717) is 22.2 Å². The number of carbonyl (C=O) groups is 2. The Bertz CT molecular complexity index is 1200. The van der Waals surface area contributed by atoms with E-state index in [1.165, 1.54) is 0 Å². The fourth-order valence-electron chi connectivity index (χ4n) is 4.28. The van der Waals surface area contributed by atoms with Crippen LogP contribution in [0.3, 0.4) is 0 Å². The molecular formula is C24H26N4O5. The van der Waals surface area contributed by atoms with Crippen LogP contribution in [0.4, 0.5) is 5.69 Å². The number of aromatic nitrogens is 3. The number of fused-ring (bicyclic) bond motifs is 1. The van der Waals surface area contributed by atoms with E-state index in [9.17, 15) is 24.6 Å². The predicted molar refractivity (Wildman–Crippen MR) is 122 cm³/mol. The highest BCUT2D eigenvalue weighted by atomic mass is 16.4. The smallest absolute Gasteiger partial charge is 0.309 e. The molecule has 33 heavy (non-hydrogen) atoms. The molecule has 0 unspecified atom stereocenters. The second-order valence-electron chi connectivity index (χ2n) is 8.41. The van der Waals surface area contributed by atoms with Crippen LogP contribution in [0.1, 0.15) is 43.8 Å². The van der Waals surface area contributed by atoms with Crippen molar-refractivity contribution in [2.75, 3.05) is 5.32 Å². The van der Waals surface area contributed by atoms with E-state index in [4.69, 9.17) is 0 Å². The van der Waals surface area contributed by atoms with Crippen LogP contribution in [0.2, 0.25) is 0 Å². The van der Waals surface area contributed by atoms with E-state index >= 15 is 0 Å². The topological polar surface area (TPSA) is 134 Å². The first-order valence-corrected chi connectivity index (χ1v) is 11.1. The van der Waals surface area contributed by atoms with Gasteiger partial charge >= 0.3 is 5.97 Å². The van der Waals surface area contributed by atoms with Gasteiger partial charge in [0.15, 0.2) is 0 Å². The maximum absolute atomic E-state index is 12.6. The molecule has 1 aliphatic carbocycles. The molecule has 3 aromatic rings. The van der Waals surface area contributed by atoms with Gasteiger partial charge in [0.25, 0.3) is 5.56 Å². The van der Waals surface area contributed by atoms with Crippen molar-refractivity contribution in [1.82, 2.24) is 15.0 Å². The Kier molecular flexibility index (Phi) is 6.79. The summed E-state index contributed by atoms with van der Waals surface area (Å²) >= 11 is 0. The molecule has 9 nitrogen and oxygen atoms in total. The molecule has 1 aromatic heterocycles. The summed E-state index contributed by atoms with van der Waals surface area (Å²) in [6.45, 7) is 0.000222. The van der Waals surface area contributed by atoms with Crippen LogP contribution in [0.25, 0.3) is 10.9 Å². The summed E-state index contributed by atoms with van der Waals surface area (Å²) in [6.07, 6.45) is 2.63. The normalized spacial score (nSPS) is 15.9. The Morgan fingerprint density at radius 2 is 1.79 bits per heavy atom. The summed E-state index contributed by atoms with van der Waals surface area (Å²) in [5, 5.41) is 31.6. The van der Waals surface area contributed by atoms with Crippen LogP contribution < -0.4 is 10.9 Å². The van der Waals surface area contributed by atoms with E-state index < -0.39 is 18.0 Å². The van der Waals surface area contributed by atoms with Crippen LogP contribution in [0, 0.1) is 11.8 Å². The molecule has 0 spiro atoms. The lowest BCUT2D eigenvalue weighted by Gasteiger charge is -2.20. The molecule has 2 atom stereocenters. The SMILES string of the molecule is O=C(Nc1ccc([C@@H](O)[C@H](CCn2nnc3ccccc3c2=O)C(=O)O)cc1)C1CCCC1. The molecule has 172 valence electrons. The molecule has 1 fully saturated rings. The van der Waals surface area contributed by atoms with Crippen LogP contribution in [0.5, 0.6) is 0 Å². The van der Waals surface area contributed by atoms with Crippen molar-refractivity contribution in [3.05, 3.63) is 64.4 Å². The average Bonchev–Trinajstić information content (AvgIpc) is 3.36. The minimum Gasteiger partial charge on any atom is -0.481 e. The third-order valence-corrected chi connectivity index (χ3v) is 6.23. The number of aliphatic hydroxyl groups is 1. The standard InChI is InChI=1S/C24H26N4O5/c29-21(15-9-11-17(12-10-15)25-22(30)16-5-1-2-6-16)19(24(32)33)13-14-28-23(31)18-7-3-4-8-20(18)26-27-28/h3-4,7-12,16,19,21,29H,1-2,5-6,13-14H2,(H,25,30)(H,32,33)/t19-,21+/m0/s1. The molecule has 9 heteroatoms. The zero-order valence-corrected chi connectivity index (χ0v) is 18.1. The molecule has 1 saturated carbocycles. The minimum atomic E-state index is -1.29. The van der Waals surface area contributed by atoms with Crippen molar-refractivity contribution in [2.24, 2.45) is 11.8 Å². The molecule has 0 aliphatic heterocycles. The summed E-state index contributed by atoms with van der Waals surface area (Å²) in [7, 11) is 0. The van der Waals surface area contributed by atoms with Gasteiger partial charge in [-0.25, -0.2) is 4.68 Å². The average molecular weight is 450 g/mol. The van der Waals surface area contributed by atoms with E-state index in [-0.39, 0.29) is 30.3 Å². The third-order valence-electron chi connectivity index (χ3n) is 6.23. The first-order valence-electron chi connectivity index (χ1n) is 11.1. The number of nitrogens with one attached hydrogen (secondary N) is 1. The lowest BCUT2D eigenvalue weighted by Crippen LogP contribution is -2.29. The van der Waals surface area contributed by atoms with Crippen LogP contribution in [-0.2, 0) is 16.1 Å². The highest BCUT2D eigenvalue weighted by Crippen LogP contribution is 2.28. The quantitative estimate of drug-likeness (QED) is 0.480. The Labute approximate surface area is 190 Å². The Hall–Kier alpha value is -3.59. The van der Waals surface area contributed by atoms with Crippen molar-refractivity contribution >= 4 is 28.5 Å². The largest absolute Gasteiger partial charge is 0.481 e. The number of aliphatic hydroxyl groups excluding tert-OH is 1. The zero-order chi connectivity index (χ0) is 23.4. The maximum Gasteiger partial charge on any atom is 0.309 e. The van der Waals surface area contributed by atoms with Gasteiger partial charge in [-0.1, -0.05) is 42.3 Å². The summed E-state index contributed by atoms with van der Waals surface area (Å²) in [6, 6.07) is 13.3. The maximum atomic E-state index is 12.6. The lowest BCUT2D eigenvalue weighted by molar-refractivity contribution is -0.146. The molecule has 2 aromatic carbocycles. The van der Waals surface area contributed by atoms with Crippen molar-refractivity contribution in [1.29, 1.82) is 0 Å². The van der Waals surface area contributed by atoms with Gasteiger partial charge < -0.3 is 15.5 Å². The Balaban J connectivity index is 1.43. The lowest BCUT2D eigenvalue weighted by atomic mass is 9.92. The number of carbonyl (C=O) groups excluding carboxylic acids is 1. The van der Waals surface area contributed by atoms with Crippen molar-refractivity contribution in [2.45, 2.75) is 44.8 Å². The van der Waals surface area contributed by atoms with Crippen molar-refractivity contribution in [3.63, 3.8) is 0 Å². The molecule has 0 bridgehead atoms. The van der Waals surface area contributed by atoms with Gasteiger partial charge in [-0.3, -0.25) is 14.4 Å². The summed E-state index contributed by atoms with van der Waals surface area (Å²) in [5.74, 6) is -2.30. The number of hydrogen-bond donors (Lipinski definition) is 3. The molecule has 0 saturated heterocycles. The molecular weight excluding hydrogens is 424 g/mol. The second-order valence-corrected chi connectivity index (χ2v) is 8.41. The predicted octanol–water partition coefficient (Wildman–Crippen LogP) is 2.74. The monoisotopic (exact) mass is 450 g/mol. The van der Waals surface area contributed by atoms with E-state index in [2.05, 4.69) is 15.6 Å². The number of nitrogens with zero attached hydrogens (tertiary/aromatic N) is 3. The van der Waals surface area contributed by atoms with Gasteiger partial charge in [-0.2, -0.15) is 0 Å². The summed E-state index contributed by atoms with van der Waals surface area (Å²) < 4.78 is 1.12. The number of aryl methyl sites for hydroxylation is 1. The second kappa shape index (κ2) is 9.91. The molecule has 1 aliphatic rings. The molecule has 3 N–H and O–H groups in total. The van der Waals surface area contributed by atoms with Gasteiger partial charge in [0.05, 0.1) is 17.4 Å². The van der Waals surface area contributed by atoms with Gasteiger partial charge in [0.2, 0.25) is 5.91 Å². The fourth-order valence-corrected chi connectivity index (χ4v) is 4.28. The number of amides is 1. The minimum absolute atomic E-state index is 0.000222. The molecule has 1 heterocycles. The van der Waals surface area contributed by atoms with Crippen LogP contribution in [-0.4, -0.2) is 37.1 Å². The van der Waals surface area contributed by atoms with Gasteiger partial charge in [-0.05, 0) is 49.1 Å². The van der Waals surface area contributed by atoms with Crippen LogP contribution in [0.15, 0.2) is 53.3 Å². The number of anilines is 1. The summed E-state index contributed by atoms with van der Waals surface area (Å²) in [5.41, 5.74) is 1.13. The van der Waals surface area contributed by atoms with Gasteiger partial charge in [0, 0.05) is 18.2 Å².